The normalized spacial score (nSPS) is 31.3. The van der Waals surface area contributed by atoms with Crippen molar-refractivity contribution in [2.75, 3.05) is 6.26 Å². The molecule has 0 heterocycles. The van der Waals surface area contributed by atoms with Gasteiger partial charge in [-0.1, -0.05) is 0 Å². The van der Waals surface area contributed by atoms with Crippen molar-refractivity contribution in [1.82, 2.24) is 0 Å². The van der Waals surface area contributed by atoms with Crippen LogP contribution in [0.5, 0.6) is 0 Å². The number of thioether (sulfide) groups is 1. The first-order valence-corrected chi connectivity index (χ1v) is 13.2. The van der Waals surface area contributed by atoms with E-state index in [0.717, 1.165) is 12.8 Å². The molecule has 0 saturated heterocycles. The van der Waals surface area contributed by atoms with E-state index in [1.807, 2.05) is 30.5 Å². The maximum absolute atomic E-state index is 13.6. The molecule has 0 radical (unpaired) electrons. The van der Waals surface area contributed by atoms with Gasteiger partial charge in [0.1, 0.15) is 0 Å². The van der Waals surface area contributed by atoms with Crippen LogP contribution in [-0.2, 0) is 9.84 Å². The topological polar surface area (TPSA) is 34.1 Å². The molecule has 0 aromatic heterocycles. The van der Waals surface area contributed by atoms with Gasteiger partial charge in [-0.2, -0.15) is 0 Å². The molecule has 0 spiro atoms. The van der Waals surface area contributed by atoms with Crippen molar-refractivity contribution in [1.29, 1.82) is 0 Å². The molecular formula is C20H22O2S2Se. The molecule has 2 unspecified atom stereocenters. The van der Waals surface area contributed by atoms with E-state index in [-0.39, 0.29) is 11.8 Å². The summed E-state index contributed by atoms with van der Waals surface area (Å²) in [4.78, 5) is 1.04. The second-order valence-corrected chi connectivity index (χ2v) is 12.9. The molecule has 132 valence electrons. The molecule has 2 aliphatic rings. The molecule has 2 nitrogen and oxygen atoms in total. The number of sulfone groups is 1. The van der Waals surface area contributed by atoms with E-state index in [2.05, 4.69) is 24.3 Å². The van der Waals surface area contributed by atoms with Gasteiger partial charge in [-0.05, 0) is 0 Å². The van der Waals surface area contributed by atoms with Crippen LogP contribution in [0.3, 0.4) is 0 Å². The average molecular weight is 437 g/mol. The summed E-state index contributed by atoms with van der Waals surface area (Å²) in [5.74, 6) is 0.568. The summed E-state index contributed by atoms with van der Waals surface area (Å²) in [6.07, 6.45) is 5.26. The quantitative estimate of drug-likeness (QED) is 0.668. The van der Waals surface area contributed by atoms with Gasteiger partial charge in [-0.25, -0.2) is 0 Å². The van der Waals surface area contributed by atoms with Crippen LogP contribution < -0.4 is 4.46 Å². The Morgan fingerprint density at radius 1 is 0.960 bits per heavy atom. The van der Waals surface area contributed by atoms with Crippen molar-refractivity contribution < 1.29 is 8.42 Å². The number of hydrogen-bond acceptors (Lipinski definition) is 3. The van der Waals surface area contributed by atoms with Crippen molar-refractivity contribution in [3.63, 3.8) is 0 Å². The standard InChI is InChI=1S/C20H22O2S2Se/c1-23-20(24(21,22)15-9-4-2-5-10-15)17-13-8-14-18(20)19(17)25-16-11-6-3-7-12-16/h2-7,9-12,17-19H,8,13-14H2,1H3. The van der Waals surface area contributed by atoms with E-state index < -0.39 is 13.9 Å². The van der Waals surface area contributed by atoms with Gasteiger partial charge in [0.2, 0.25) is 0 Å². The van der Waals surface area contributed by atoms with Crippen LogP contribution in [-0.4, -0.2) is 33.7 Å². The number of benzene rings is 2. The van der Waals surface area contributed by atoms with Crippen LogP contribution in [0.4, 0.5) is 0 Å². The van der Waals surface area contributed by atoms with Crippen molar-refractivity contribution in [2.45, 2.75) is 33.1 Å². The summed E-state index contributed by atoms with van der Waals surface area (Å²) in [6.45, 7) is 0. The Kier molecular flexibility index (Phi) is 4.78. The molecule has 4 rings (SSSR count). The second kappa shape index (κ2) is 6.77. The van der Waals surface area contributed by atoms with Crippen LogP contribution in [0, 0.1) is 11.8 Å². The maximum atomic E-state index is 13.6. The third kappa shape index (κ3) is 2.63. The van der Waals surface area contributed by atoms with Crippen LogP contribution in [0.2, 0.25) is 4.82 Å². The zero-order chi connectivity index (χ0) is 17.5. The molecule has 2 aromatic rings. The van der Waals surface area contributed by atoms with Crippen molar-refractivity contribution in [2.24, 2.45) is 11.8 Å². The Morgan fingerprint density at radius 2 is 1.52 bits per heavy atom. The molecule has 2 aliphatic carbocycles. The van der Waals surface area contributed by atoms with E-state index in [0.29, 0.717) is 24.7 Å². The average Bonchev–Trinajstić information content (AvgIpc) is 2.67. The molecule has 25 heavy (non-hydrogen) atoms. The first-order chi connectivity index (χ1) is 12.1. The predicted octanol–water partition coefficient (Wildman–Crippen LogP) is 3.77. The van der Waals surface area contributed by atoms with Gasteiger partial charge < -0.3 is 0 Å². The summed E-state index contributed by atoms with van der Waals surface area (Å²) >= 11 is 1.94. The van der Waals surface area contributed by atoms with E-state index in [1.54, 1.807) is 23.9 Å². The minimum absolute atomic E-state index is 0.284. The van der Waals surface area contributed by atoms with E-state index in [4.69, 9.17) is 0 Å². The second-order valence-electron chi connectivity index (χ2n) is 6.78. The summed E-state index contributed by atoms with van der Waals surface area (Å²) in [7, 11) is -3.33. The Labute approximate surface area is 160 Å². The van der Waals surface area contributed by atoms with Crippen LogP contribution in [0.15, 0.2) is 65.6 Å². The van der Waals surface area contributed by atoms with Crippen molar-refractivity contribution in [3.05, 3.63) is 60.7 Å². The zero-order valence-electron chi connectivity index (χ0n) is 14.2. The monoisotopic (exact) mass is 438 g/mol. The summed E-state index contributed by atoms with van der Waals surface area (Å²) in [6, 6.07) is 19.7. The number of rotatable bonds is 5. The predicted molar refractivity (Wildman–Crippen MR) is 106 cm³/mol. The van der Waals surface area contributed by atoms with E-state index >= 15 is 0 Å². The van der Waals surface area contributed by atoms with Gasteiger partial charge in [0, 0.05) is 0 Å². The van der Waals surface area contributed by atoms with Gasteiger partial charge in [0.15, 0.2) is 0 Å². The Morgan fingerprint density at radius 3 is 2.08 bits per heavy atom. The third-order valence-corrected chi connectivity index (χ3v) is 13.5. The molecular weight excluding hydrogens is 415 g/mol. The molecule has 0 aliphatic heterocycles. The first kappa shape index (κ1) is 17.7. The van der Waals surface area contributed by atoms with Crippen molar-refractivity contribution >= 4 is 41.0 Å². The molecule has 2 saturated carbocycles. The zero-order valence-corrected chi connectivity index (χ0v) is 17.5. The SMILES string of the molecule is CSC1(S(=O)(=O)c2ccccc2)C2CCCC1C2[Se]c1ccccc1. The summed E-state index contributed by atoms with van der Waals surface area (Å²) < 4.78 is 27.9. The van der Waals surface area contributed by atoms with Crippen molar-refractivity contribution in [3.8, 4) is 0 Å². The molecule has 2 aromatic carbocycles. The van der Waals surface area contributed by atoms with Gasteiger partial charge >= 0.3 is 161 Å². The van der Waals surface area contributed by atoms with Gasteiger partial charge in [0.05, 0.1) is 0 Å². The minimum atomic E-state index is -3.33. The number of fused-ring (bicyclic) bond motifs is 2. The Hall–Kier alpha value is -0.741. The fraction of sp³-hybridized carbons (Fsp3) is 0.400. The van der Waals surface area contributed by atoms with Gasteiger partial charge in [0.25, 0.3) is 0 Å². The van der Waals surface area contributed by atoms with Gasteiger partial charge in [-0.15, -0.1) is 0 Å². The van der Waals surface area contributed by atoms with E-state index in [1.165, 1.54) is 10.9 Å². The summed E-state index contributed by atoms with van der Waals surface area (Å²) in [5, 5.41) is 0. The number of hydrogen-bond donors (Lipinski definition) is 0. The van der Waals surface area contributed by atoms with Crippen LogP contribution in [0.25, 0.3) is 0 Å². The van der Waals surface area contributed by atoms with Gasteiger partial charge in [-0.3, -0.25) is 0 Å². The fourth-order valence-electron chi connectivity index (χ4n) is 4.60. The van der Waals surface area contributed by atoms with Crippen LogP contribution in [0.1, 0.15) is 19.3 Å². The molecule has 5 heteroatoms. The fourth-order valence-corrected chi connectivity index (χ4v) is 13.4. The van der Waals surface area contributed by atoms with Crippen LogP contribution >= 0.6 is 11.8 Å². The molecule has 2 fully saturated rings. The first-order valence-electron chi connectivity index (χ1n) is 8.68. The molecule has 0 amide bonds. The Balaban J connectivity index is 1.69. The Bertz CT molecular complexity index is 825. The molecule has 2 atom stereocenters. The molecule has 2 bridgehead atoms. The summed E-state index contributed by atoms with van der Waals surface area (Å²) in [5.41, 5.74) is 0. The van der Waals surface area contributed by atoms with E-state index in [9.17, 15) is 8.42 Å². The third-order valence-electron chi connectivity index (χ3n) is 5.66. The molecule has 0 N–H and O–H groups in total.